The van der Waals surface area contributed by atoms with Crippen LogP contribution in [0.4, 0.5) is 0 Å². The van der Waals surface area contributed by atoms with Crippen molar-refractivity contribution in [2.24, 2.45) is 7.05 Å². The Labute approximate surface area is 180 Å². The van der Waals surface area contributed by atoms with E-state index >= 15 is 0 Å². The molecule has 2 aromatic carbocycles. The second kappa shape index (κ2) is 7.23. The summed E-state index contributed by atoms with van der Waals surface area (Å²) in [5.41, 5.74) is 5.03. The molecule has 0 aliphatic heterocycles. The fourth-order valence-electron chi connectivity index (χ4n) is 4.14. The first-order valence-electron chi connectivity index (χ1n) is 10.4. The summed E-state index contributed by atoms with van der Waals surface area (Å²) in [6.07, 6.45) is 5.50. The van der Waals surface area contributed by atoms with Gasteiger partial charge in [-0.1, -0.05) is 12.1 Å². The van der Waals surface area contributed by atoms with E-state index in [0.29, 0.717) is 11.3 Å². The molecule has 0 spiro atoms. The number of aryl methyl sites for hydroxylation is 2. The summed E-state index contributed by atoms with van der Waals surface area (Å²) in [5.74, 6) is 0.585. The number of hydrogen-bond acceptors (Lipinski definition) is 4. The minimum absolute atomic E-state index is 0.0887. The van der Waals surface area contributed by atoms with Gasteiger partial charge in [-0.15, -0.1) is 0 Å². The number of fused-ring (bicyclic) bond motifs is 1. The molecule has 0 unspecified atom stereocenters. The number of nitrogens with zero attached hydrogens (tertiary/aromatic N) is 3. The summed E-state index contributed by atoms with van der Waals surface area (Å²) in [7, 11) is 3.51. The third-order valence-electron chi connectivity index (χ3n) is 6.04. The number of benzene rings is 2. The lowest BCUT2D eigenvalue weighted by atomic mass is 9.95. The van der Waals surface area contributed by atoms with Crippen LogP contribution < -0.4 is 10.1 Å². The molecule has 1 amide bonds. The Kier molecular flexibility index (Phi) is 4.50. The number of methoxy groups -OCH3 is 1. The van der Waals surface area contributed by atoms with Gasteiger partial charge in [0, 0.05) is 36.0 Å². The van der Waals surface area contributed by atoms with Gasteiger partial charge in [-0.05, 0) is 67.3 Å². The highest BCUT2D eigenvalue weighted by atomic mass is 16.5. The lowest BCUT2D eigenvalue weighted by molar-refractivity contribution is 0.0930. The molecule has 6 heteroatoms. The van der Waals surface area contributed by atoms with Crippen molar-refractivity contribution in [3.63, 3.8) is 0 Å². The summed E-state index contributed by atoms with van der Waals surface area (Å²) in [6.45, 7) is 1.94. The normalized spacial score (nSPS) is 14.4. The fraction of sp³-hybridized carbons (Fsp3) is 0.240. The maximum absolute atomic E-state index is 13.3. The monoisotopic (exact) mass is 412 g/mol. The van der Waals surface area contributed by atoms with E-state index in [1.165, 1.54) is 0 Å². The van der Waals surface area contributed by atoms with E-state index in [1.807, 2.05) is 44.4 Å². The quantitative estimate of drug-likeness (QED) is 0.528. The van der Waals surface area contributed by atoms with Gasteiger partial charge in [0.1, 0.15) is 5.75 Å². The molecule has 1 aliphatic carbocycles. The van der Waals surface area contributed by atoms with Gasteiger partial charge in [0.05, 0.1) is 23.9 Å². The molecule has 1 N–H and O–H groups in total. The Morgan fingerprint density at radius 1 is 1.16 bits per heavy atom. The van der Waals surface area contributed by atoms with Crippen LogP contribution in [0.2, 0.25) is 0 Å². The predicted molar refractivity (Wildman–Crippen MR) is 120 cm³/mol. The molecule has 1 fully saturated rings. The first-order valence-corrected chi connectivity index (χ1v) is 10.4. The SMILES string of the molecule is COc1ccc(C)c(C(=O)NC2(c3cc(-c4ccn(C)n4)cc4ncccc34)CC2)c1. The van der Waals surface area contributed by atoms with Crippen molar-refractivity contribution in [2.45, 2.75) is 25.3 Å². The van der Waals surface area contributed by atoms with E-state index in [0.717, 1.165) is 46.1 Å². The molecule has 156 valence electrons. The Balaban J connectivity index is 1.58. The Morgan fingerprint density at radius 3 is 2.71 bits per heavy atom. The van der Waals surface area contributed by atoms with E-state index < -0.39 is 5.54 Å². The molecule has 0 bridgehead atoms. The molecule has 0 saturated heterocycles. The second-order valence-corrected chi connectivity index (χ2v) is 8.19. The van der Waals surface area contributed by atoms with Crippen LogP contribution in [0.25, 0.3) is 22.2 Å². The highest BCUT2D eigenvalue weighted by Crippen LogP contribution is 2.49. The second-order valence-electron chi connectivity index (χ2n) is 8.19. The summed E-state index contributed by atoms with van der Waals surface area (Å²) in [4.78, 5) is 17.8. The van der Waals surface area contributed by atoms with Gasteiger partial charge in [0.15, 0.2) is 0 Å². The minimum atomic E-state index is -0.404. The first-order chi connectivity index (χ1) is 15.0. The predicted octanol–water partition coefficient (Wildman–Crippen LogP) is 4.37. The number of carbonyl (C=O) groups is 1. The van der Waals surface area contributed by atoms with E-state index in [1.54, 1.807) is 24.1 Å². The number of ether oxygens (including phenoxy) is 1. The topological polar surface area (TPSA) is 69.0 Å². The van der Waals surface area contributed by atoms with Crippen LogP contribution in [0.3, 0.4) is 0 Å². The largest absolute Gasteiger partial charge is 0.497 e. The third kappa shape index (κ3) is 3.44. The van der Waals surface area contributed by atoms with Gasteiger partial charge in [-0.3, -0.25) is 14.5 Å². The molecular weight excluding hydrogens is 388 g/mol. The van der Waals surface area contributed by atoms with Crippen molar-refractivity contribution >= 4 is 16.8 Å². The van der Waals surface area contributed by atoms with Crippen molar-refractivity contribution in [2.75, 3.05) is 7.11 Å². The number of amides is 1. The Morgan fingerprint density at radius 2 is 2.00 bits per heavy atom. The van der Waals surface area contributed by atoms with Gasteiger partial charge in [0.25, 0.3) is 5.91 Å². The van der Waals surface area contributed by atoms with Gasteiger partial charge in [0.2, 0.25) is 0 Å². The molecule has 2 aromatic heterocycles. The summed E-state index contributed by atoms with van der Waals surface area (Å²) in [5, 5.41) is 8.94. The van der Waals surface area contributed by atoms with Crippen LogP contribution in [0.15, 0.2) is 60.9 Å². The maximum atomic E-state index is 13.3. The first kappa shape index (κ1) is 19.3. The van der Waals surface area contributed by atoms with Crippen LogP contribution in [-0.2, 0) is 12.6 Å². The Bertz CT molecular complexity index is 1300. The summed E-state index contributed by atoms with van der Waals surface area (Å²) >= 11 is 0. The number of pyridine rings is 1. The number of aromatic nitrogens is 3. The summed E-state index contributed by atoms with van der Waals surface area (Å²) < 4.78 is 7.11. The molecular formula is C25H24N4O2. The van der Waals surface area contributed by atoms with E-state index in [-0.39, 0.29) is 5.91 Å². The van der Waals surface area contributed by atoms with Crippen molar-refractivity contribution in [3.8, 4) is 17.0 Å². The maximum Gasteiger partial charge on any atom is 0.252 e. The van der Waals surface area contributed by atoms with Crippen molar-refractivity contribution in [3.05, 3.63) is 77.6 Å². The third-order valence-corrected chi connectivity index (χ3v) is 6.04. The molecule has 0 atom stereocenters. The van der Waals surface area contributed by atoms with Crippen molar-refractivity contribution < 1.29 is 9.53 Å². The molecule has 1 aliphatic rings. The van der Waals surface area contributed by atoms with Gasteiger partial charge in [-0.2, -0.15) is 5.10 Å². The average molecular weight is 412 g/mol. The van der Waals surface area contributed by atoms with Crippen LogP contribution in [-0.4, -0.2) is 27.8 Å². The minimum Gasteiger partial charge on any atom is -0.497 e. The molecule has 4 aromatic rings. The number of carbonyl (C=O) groups excluding carboxylic acids is 1. The van der Waals surface area contributed by atoms with Crippen LogP contribution in [0, 0.1) is 6.92 Å². The van der Waals surface area contributed by atoms with Crippen LogP contribution in [0.5, 0.6) is 5.75 Å². The fourth-order valence-corrected chi connectivity index (χ4v) is 4.14. The zero-order valence-electron chi connectivity index (χ0n) is 17.8. The zero-order valence-corrected chi connectivity index (χ0v) is 17.8. The molecule has 1 saturated carbocycles. The number of hydrogen-bond donors (Lipinski definition) is 1. The number of nitrogens with one attached hydrogen (secondary N) is 1. The van der Waals surface area contributed by atoms with E-state index in [2.05, 4.69) is 33.6 Å². The molecule has 31 heavy (non-hydrogen) atoms. The average Bonchev–Trinajstić information content (AvgIpc) is 3.43. The lowest BCUT2D eigenvalue weighted by Crippen LogP contribution is -2.35. The van der Waals surface area contributed by atoms with Crippen LogP contribution in [0.1, 0.15) is 34.3 Å². The van der Waals surface area contributed by atoms with Crippen molar-refractivity contribution in [1.82, 2.24) is 20.1 Å². The van der Waals surface area contributed by atoms with Crippen LogP contribution >= 0.6 is 0 Å². The van der Waals surface area contributed by atoms with Gasteiger partial charge in [-0.25, -0.2) is 0 Å². The standard InChI is InChI=1S/C25H24N4O2/c1-16-6-7-18(31-3)15-20(16)24(30)27-25(9-10-25)21-13-17(22-8-12-29(2)28-22)14-23-19(21)5-4-11-26-23/h4-8,11-15H,9-10H2,1-3H3,(H,27,30). The molecule has 2 heterocycles. The summed E-state index contributed by atoms with van der Waals surface area (Å²) in [6, 6.07) is 15.8. The van der Waals surface area contributed by atoms with Gasteiger partial charge < -0.3 is 10.1 Å². The molecule has 6 nitrogen and oxygen atoms in total. The smallest absolute Gasteiger partial charge is 0.252 e. The van der Waals surface area contributed by atoms with Gasteiger partial charge >= 0.3 is 0 Å². The van der Waals surface area contributed by atoms with E-state index in [9.17, 15) is 4.79 Å². The zero-order chi connectivity index (χ0) is 21.6. The highest BCUT2D eigenvalue weighted by molar-refractivity contribution is 5.98. The van der Waals surface area contributed by atoms with Crippen molar-refractivity contribution in [1.29, 1.82) is 0 Å². The van der Waals surface area contributed by atoms with E-state index in [4.69, 9.17) is 4.74 Å². The Hall–Kier alpha value is -3.67. The highest BCUT2D eigenvalue weighted by Gasteiger charge is 2.47. The molecule has 0 radical (unpaired) electrons. The molecule has 5 rings (SSSR count). The lowest BCUT2D eigenvalue weighted by Gasteiger charge is -2.21. The number of rotatable bonds is 5.